The van der Waals surface area contributed by atoms with E-state index in [1.807, 2.05) is 24.3 Å². The first kappa shape index (κ1) is 11.5. The highest BCUT2D eigenvalue weighted by Crippen LogP contribution is 2.20. The second-order valence-electron chi connectivity index (χ2n) is 3.69. The number of Topliss-reactive ketones (excluding diaryl/α,β-unsaturated/α-hetero) is 1. The average molecular weight is 201 g/mol. The molecule has 0 spiro atoms. The second kappa shape index (κ2) is 5.31. The van der Waals surface area contributed by atoms with Crippen molar-refractivity contribution in [1.82, 2.24) is 0 Å². The molecule has 0 saturated carbocycles. The number of nitriles is 1. The summed E-state index contributed by atoms with van der Waals surface area (Å²) in [5.74, 6) is -0.238. The molecule has 2 nitrogen and oxygen atoms in total. The predicted octanol–water partition coefficient (Wildman–Crippen LogP) is 2.84. The van der Waals surface area contributed by atoms with E-state index in [1.165, 1.54) is 12.5 Å². The molecule has 1 aromatic rings. The first-order valence-corrected chi connectivity index (χ1v) is 5.15. The van der Waals surface area contributed by atoms with Crippen molar-refractivity contribution < 1.29 is 4.79 Å². The van der Waals surface area contributed by atoms with Crippen LogP contribution in [0.15, 0.2) is 24.3 Å². The molecule has 0 saturated heterocycles. The van der Waals surface area contributed by atoms with Crippen LogP contribution in [0.4, 0.5) is 0 Å². The number of rotatable bonds is 4. The highest BCUT2D eigenvalue weighted by Gasteiger charge is 2.12. The summed E-state index contributed by atoms with van der Waals surface area (Å²) < 4.78 is 0. The molecule has 0 radical (unpaired) electrons. The van der Waals surface area contributed by atoms with E-state index in [0.717, 1.165) is 12.0 Å². The largest absolute Gasteiger partial charge is 0.300 e. The van der Waals surface area contributed by atoms with Gasteiger partial charge in [-0.05, 0) is 24.5 Å². The average Bonchev–Trinajstić information content (AvgIpc) is 2.25. The van der Waals surface area contributed by atoms with Crippen molar-refractivity contribution >= 4 is 5.78 Å². The van der Waals surface area contributed by atoms with Crippen molar-refractivity contribution in [2.24, 2.45) is 0 Å². The Morgan fingerprint density at radius 2 is 2.27 bits per heavy atom. The van der Waals surface area contributed by atoms with Crippen LogP contribution in [0.25, 0.3) is 0 Å². The third-order valence-electron chi connectivity index (χ3n) is 2.41. The molecule has 0 aliphatic heterocycles. The van der Waals surface area contributed by atoms with Gasteiger partial charge in [0.05, 0.1) is 12.0 Å². The highest BCUT2D eigenvalue weighted by molar-refractivity contribution is 5.77. The molecule has 0 aliphatic carbocycles. The van der Waals surface area contributed by atoms with Gasteiger partial charge in [-0.1, -0.05) is 31.2 Å². The zero-order valence-electron chi connectivity index (χ0n) is 9.16. The zero-order valence-corrected chi connectivity index (χ0v) is 9.16. The fourth-order valence-electron chi connectivity index (χ4n) is 1.56. The third-order valence-corrected chi connectivity index (χ3v) is 2.41. The van der Waals surface area contributed by atoms with Crippen LogP contribution >= 0.6 is 0 Å². The Labute approximate surface area is 90.5 Å². The lowest BCUT2D eigenvalue weighted by Gasteiger charge is -2.08. The van der Waals surface area contributed by atoms with Gasteiger partial charge < -0.3 is 0 Å². The van der Waals surface area contributed by atoms with Crippen LogP contribution in [0.2, 0.25) is 0 Å². The van der Waals surface area contributed by atoms with Gasteiger partial charge >= 0.3 is 0 Å². The molecule has 0 aliphatic rings. The highest BCUT2D eigenvalue weighted by atomic mass is 16.1. The Kier molecular flexibility index (Phi) is 4.05. The number of ketones is 1. The monoisotopic (exact) mass is 201 g/mol. The Hall–Kier alpha value is -1.62. The van der Waals surface area contributed by atoms with E-state index in [2.05, 4.69) is 13.0 Å². The van der Waals surface area contributed by atoms with Crippen molar-refractivity contribution in [1.29, 1.82) is 5.26 Å². The fraction of sp³-hybridized carbons (Fsp3) is 0.385. The summed E-state index contributed by atoms with van der Waals surface area (Å²) in [6.45, 7) is 3.60. The molecular weight excluding hydrogens is 186 g/mol. The molecular formula is C13H15NO. The standard InChI is InChI=1S/C13H15NO/c1-3-11-5-4-6-12(8-11)13(9-14)7-10(2)15/h4-6,8,13H,3,7H2,1-2H3. The second-order valence-corrected chi connectivity index (χ2v) is 3.69. The lowest BCUT2D eigenvalue weighted by Crippen LogP contribution is -2.02. The minimum absolute atomic E-state index is 0.0588. The minimum atomic E-state index is -0.297. The number of hydrogen-bond donors (Lipinski definition) is 0. The summed E-state index contributed by atoms with van der Waals surface area (Å²) in [6, 6.07) is 10.1. The molecule has 2 heteroatoms. The molecule has 1 unspecified atom stereocenters. The van der Waals surface area contributed by atoms with Crippen molar-refractivity contribution in [2.45, 2.75) is 32.6 Å². The number of carbonyl (C=O) groups excluding carboxylic acids is 1. The predicted molar refractivity (Wildman–Crippen MR) is 59.5 cm³/mol. The molecule has 0 amide bonds. The van der Waals surface area contributed by atoms with Gasteiger partial charge in [0.25, 0.3) is 0 Å². The quantitative estimate of drug-likeness (QED) is 0.751. The first-order valence-electron chi connectivity index (χ1n) is 5.15. The molecule has 0 N–H and O–H groups in total. The summed E-state index contributed by atoms with van der Waals surface area (Å²) in [5.41, 5.74) is 2.16. The van der Waals surface area contributed by atoms with E-state index in [1.54, 1.807) is 0 Å². The van der Waals surface area contributed by atoms with Crippen molar-refractivity contribution in [3.8, 4) is 6.07 Å². The molecule has 0 heterocycles. The van der Waals surface area contributed by atoms with E-state index >= 15 is 0 Å². The summed E-state index contributed by atoms with van der Waals surface area (Å²) in [6.07, 6.45) is 1.26. The maximum absolute atomic E-state index is 11.0. The Bertz CT molecular complexity index is 390. The summed E-state index contributed by atoms with van der Waals surface area (Å²) in [5, 5.41) is 8.99. The molecule has 1 rings (SSSR count). The number of carbonyl (C=O) groups is 1. The third kappa shape index (κ3) is 3.21. The van der Waals surface area contributed by atoms with E-state index in [0.29, 0.717) is 6.42 Å². The number of nitrogens with zero attached hydrogens (tertiary/aromatic N) is 1. The van der Waals surface area contributed by atoms with Crippen LogP contribution in [0.1, 0.15) is 37.3 Å². The zero-order chi connectivity index (χ0) is 11.3. The smallest absolute Gasteiger partial charge is 0.131 e. The van der Waals surface area contributed by atoms with Gasteiger partial charge in [0.15, 0.2) is 0 Å². The topological polar surface area (TPSA) is 40.9 Å². The fourth-order valence-corrected chi connectivity index (χ4v) is 1.56. The van der Waals surface area contributed by atoms with E-state index < -0.39 is 0 Å². The van der Waals surface area contributed by atoms with Gasteiger partial charge in [-0.3, -0.25) is 4.79 Å². The van der Waals surface area contributed by atoms with Gasteiger partial charge in [-0.15, -0.1) is 0 Å². The van der Waals surface area contributed by atoms with E-state index in [4.69, 9.17) is 5.26 Å². The molecule has 1 atom stereocenters. The van der Waals surface area contributed by atoms with Gasteiger partial charge in [-0.2, -0.15) is 5.26 Å². The van der Waals surface area contributed by atoms with Crippen molar-refractivity contribution in [3.63, 3.8) is 0 Å². The number of hydrogen-bond acceptors (Lipinski definition) is 2. The maximum atomic E-state index is 11.0. The normalized spacial score (nSPS) is 11.8. The van der Waals surface area contributed by atoms with Crippen LogP contribution in [0, 0.1) is 11.3 Å². The van der Waals surface area contributed by atoms with Crippen molar-refractivity contribution in [2.75, 3.05) is 0 Å². The van der Waals surface area contributed by atoms with E-state index in [9.17, 15) is 4.79 Å². The van der Waals surface area contributed by atoms with E-state index in [-0.39, 0.29) is 11.7 Å². The number of benzene rings is 1. The molecule has 0 bridgehead atoms. The van der Waals surface area contributed by atoms with Crippen molar-refractivity contribution in [3.05, 3.63) is 35.4 Å². The maximum Gasteiger partial charge on any atom is 0.131 e. The Morgan fingerprint density at radius 1 is 1.53 bits per heavy atom. The van der Waals surface area contributed by atoms with Gasteiger partial charge in [0, 0.05) is 6.42 Å². The summed E-state index contributed by atoms with van der Waals surface area (Å²) >= 11 is 0. The molecule has 0 fully saturated rings. The number of aryl methyl sites for hydroxylation is 1. The summed E-state index contributed by atoms with van der Waals surface area (Å²) in [4.78, 5) is 11.0. The van der Waals surface area contributed by atoms with Crippen LogP contribution < -0.4 is 0 Å². The first-order chi connectivity index (χ1) is 7.17. The minimum Gasteiger partial charge on any atom is -0.300 e. The Balaban J connectivity index is 2.92. The lowest BCUT2D eigenvalue weighted by atomic mass is 9.94. The van der Waals surface area contributed by atoms with Crippen LogP contribution in [0.3, 0.4) is 0 Å². The molecule has 0 aromatic heterocycles. The molecule has 1 aromatic carbocycles. The molecule has 15 heavy (non-hydrogen) atoms. The SMILES string of the molecule is CCc1cccc(C(C#N)CC(C)=O)c1. The van der Waals surface area contributed by atoms with Crippen LogP contribution in [-0.2, 0) is 11.2 Å². The van der Waals surface area contributed by atoms with Gasteiger partial charge in [0.1, 0.15) is 5.78 Å². The van der Waals surface area contributed by atoms with Gasteiger partial charge in [0.2, 0.25) is 0 Å². The van der Waals surface area contributed by atoms with Gasteiger partial charge in [-0.25, -0.2) is 0 Å². The Morgan fingerprint density at radius 3 is 2.80 bits per heavy atom. The van der Waals surface area contributed by atoms with Crippen LogP contribution in [-0.4, -0.2) is 5.78 Å². The van der Waals surface area contributed by atoms with Crippen LogP contribution in [0.5, 0.6) is 0 Å². The molecule has 78 valence electrons. The summed E-state index contributed by atoms with van der Waals surface area (Å²) in [7, 11) is 0. The lowest BCUT2D eigenvalue weighted by molar-refractivity contribution is -0.117.